The van der Waals surface area contributed by atoms with E-state index in [-0.39, 0.29) is 0 Å². The molecule has 2 unspecified atom stereocenters. The zero-order valence-corrected chi connectivity index (χ0v) is 12.1. The predicted molar refractivity (Wildman–Crippen MR) is 73.5 cm³/mol. The summed E-state index contributed by atoms with van der Waals surface area (Å²) >= 11 is 0. The molecule has 0 heteroatoms. The average molecular weight is 224 g/mol. The lowest BCUT2D eigenvalue weighted by Gasteiger charge is -2.48. The second-order valence-electron chi connectivity index (χ2n) is 6.21. The van der Waals surface area contributed by atoms with Gasteiger partial charge in [0.2, 0.25) is 0 Å². The molecule has 1 fully saturated rings. The molecule has 0 amide bonds. The third kappa shape index (κ3) is 3.25. The van der Waals surface area contributed by atoms with Crippen LogP contribution in [0.1, 0.15) is 73.1 Å². The Balaban J connectivity index is 2.08. The summed E-state index contributed by atoms with van der Waals surface area (Å²) in [7, 11) is 0. The van der Waals surface area contributed by atoms with Gasteiger partial charge in [-0.1, -0.05) is 66.7 Å². The van der Waals surface area contributed by atoms with E-state index in [2.05, 4.69) is 34.6 Å². The molecule has 1 aliphatic carbocycles. The molecule has 0 aliphatic heterocycles. The van der Waals surface area contributed by atoms with Gasteiger partial charge in [-0.05, 0) is 36.0 Å². The van der Waals surface area contributed by atoms with Crippen LogP contribution >= 0.6 is 0 Å². The van der Waals surface area contributed by atoms with Crippen molar-refractivity contribution in [2.45, 2.75) is 73.1 Å². The Morgan fingerprint density at radius 3 is 1.88 bits per heavy atom. The molecule has 2 atom stereocenters. The molecule has 1 rings (SSSR count). The van der Waals surface area contributed by atoms with E-state index in [4.69, 9.17) is 0 Å². The lowest BCUT2D eigenvalue weighted by atomic mass is 9.57. The lowest BCUT2D eigenvalue weighted by molar-refractivity contribution is 0.00775. The Morgan fingerprint density at radius 2 is 1.38 bits per heavy atom. The summed E-state index contributed by atoms with van der Waals surface area (Å²) in [6, 6.07) is 0. The van der Waals surface area contributed by atoms with Gasteiger partial charge in [0, 0.05) is 0 Å². The quantitative estimate of drug-likeness (QED) is 0.499. The van der Waals surface area contributed by atoms with Gasteiger partial charge >= 0.3 is 0 Å². The van der Waals surface area contributed by atoms with Gasteiger partial charge in [0.15, 0.2) is 0 Å². The molecule has 0 radical (unpaired) electrons. The van der Waals surface area contributed by atoms with E-state index >= 15 is 0 Å². The highest BCUT2D eigenvalue weighted by atomic mass is 14.5. The molecule has 0 nitrogen and oxygen atoms in total. The van der Waals surface area contributed by atoms with Crippen molar-refractivity contribution in [2.75, 3.05) is 0 Å². The molecule has 0 aromatic carbocycles. The highest BCUT2D eigenvalue weighted by Gasteiger charge is 2.40. The molecule has 16 heavy (non-hydrogen) atoms. The van der Waals surface area contributed by atoms with Gasteiger partial charge in [-0.3, -0.25) is 0 Å². The molecule has 0 heterocycles. The second-order valence-corrected chi connectivity index (χ2v) is 6.21. The van der Waals surface area contributed by atoms with Crippen molar-refractivity contribution in [3.8, 4) is 0 Å². The van der Waals surface area contributed by atoms with Gasteiger partial charge in [-0.25, -0.2) is 0 Å². The van der Waals surface area contributed by atoms with Crippen LogP contribution in [-0.4, -0.2) is 0 Å². The van der Waals surface area contributed by atoms with E-state index in [1.165, 1.54) is 38.5 Å². The second kappa shape index (κ2) is 6.67. The third-order valence-corrected chi connectivity index (χ3v) is 5.56. The minimum absolute atomic E-state index is 0.976. The van der Waals surface area contributed by atoms with Crippen molar-refractivity contribution in [2.24, 2.45) is 29.6 Å². The largest absolute Gasteiger partial charge is 0.0651 e. The molecule has 1 saturated carbocycles. The number of rotatable bonds is 7. The molecular weight excluding hydrogens is 192 g/mol. The van der Waals surface area contributed by atoms with E-state index < -0.39 is 0 Å². The highest BCUT2D eigenvalue weighted by molar-refractivity contribution is 4.89. The first-order chi connectivity index (χ1) is 7.61. The molecule has 0 saturated heterocycles. The Morgan fingerprint density at radius 1 is 0.812 bits per heavy atom. The molecule has 0 N–H and O–H groups in total. The molecule has 96 valence electrons. The lowest BCUT2D eigenvalue weighted by Crippen LogP contribution is -2.41. The Kier molecular flexibility index (Phi) is 5.86. The fourth-order valence-electron chi connectivity index (χ4n) is 3.63. The fraction of sp³-hybridized carbons (Fsp3) is 1.00. The van der Waals surface area contributed by atoms with Crippen molar-refractivity contribution in [3.05, 3.63) is 0 Å². The predicted octanol–water partition coefficient (Wildman–Crippen LogP) is 5.52. The molecular formula is C16H32. The van der Waals surface area contributed by atoms with Crippen molar-refractivity contribution in [1.82, 2.24) is 0 Å². The van der Waals surface area contributed by atoms with Gasteiger partial charge in [0.05, 0.1) is 0 Å². The topological polar surface area (TPSA) is 0 Å². The Hall–Kier alpha value is 0. The minimum atomic E-state index is 0.976. The van der Waals surface area contributed by atoms with Crippen LogP contribution in [0, 0.1) is 29.6 Å². The summed E-state index contributed by atoms with van der Waals surface area (Å²) in [6.45, 7) is 12.0. The number of unbranched alkanes of at least 4 members (excludes halogenated alkanes) is 1. The summed E-state index contributed by atoms with van der Waals surface area (Å²) in [4.78, 5) is 0. The van der Waals surface area contributed by atoms with Gasteiger partial charge < -0.3 is 0 Å². The van der Waals surface area contributed by atoms with Crippen LogP contribution in [0.5, 0.6) is 0 Å². The number of hydrogen-bond donors (Lipinski definition) is 0. The average Bonchev–Trinajstić information content (AvgIpc) is 2.32. The van der Waals surface area contributed by atoms with E-state index in [0.717, 1.165) is 29.6 Å². The van der Waals surface area contributed by atoms with Gasteiger partial charge in [0.1, 0.15) is 0 Å². The zero-order valence-electron chi connectivity index (χ0n) is 12.1. The summed E-state index contributed by atoms with van der Waals surface area (Å²) in [5, 5.41) is 0. The first kappa shape index (κ1) is 14.1. The van der Waals surface area contributed by atoms with Crippen LogP contribution in [-0.2, 0) is 0 Å². The normalized spacial score (nSPS) is 34.1. The van der Waals surface area contributed by atoms with Gasteiger partial charge in [0.25, 0.3) is 0 Å². The smallest absolute Gasteiger partial charge is 0.0357 e. The maximum absolute atomic E-state index is 2.45. The number of hydrogen-bond acceptors (Lipinski definition) is 0. The summed E-state index contributed by atoms with van der Waals surface area (Å²) in [6.07, 6.45) is 8.66. The van der Waals surface area contributed by atoms with Crippen LogP contribution in [0.2, 0.25) is 0 Å². The van der Waals surface area contributed by atoms with Crippen molar-refractivity contribution < 1.29 is 0 Å². The molecule has 0 aromatic heterocycles. The first-order valence-electron chi connectivity index (χ1n) is 7.61. The maximum atomic E-state index is 2.45. The Bertz CT molecular complexity index is 170. The minimum Gasteiger partial charge on any atom is -0.0651 e. The molecule has 1 aliphatic rings. The van der Waals surface area contributed by atoms with Crippen LogP contribution in [0.4, 0.5) is 0 Å². The third-order valence-electron chi connectivity index (χ3n) is 5.56. The summed E-state index contributed by atoms with van der Waals surface area (Å²) in [5.41, 5.74) is 0. The van der Waals surface area contributed by atoms with Gasteiger partial charge in [-0.2, -0.15) is 0 Å². The van der Waals surface area contributed by atoms with E-state index in [1.807, 2.05) is 0 Å². The Labute approximate surface area is 103 Å². The van der Waals surface area contributed by atoms with Crippen LogP contribution in [0.15, 0.2) is 0 Å². The van der Waals surface area contributed by atoms with E-state index in [9.17, 15) is 0 Å². The molecule has 0 aromatic rings. The highest BCUT2D eigenvalue weighted by Crippen LogP contribution is 2.47. The van der Waals surface area contributed by atoms with E-state index in [1.54, 1.807) is 0 Å². The van der Waals surface area contributed by atoms with E-state index in [0.29, 0.717) is 0 Å². The molecule has 0 spiro atoms. The maximum Gasteiger partial charge on any atom is -0.0357 e. The standard InChI is InChI=1S/C16H32/c1-6-15(7-2)10-8-9-11-16-13(4)12(3)14(16)5/h12-16H,6-11H2,1-5H3. The van der Waals surface area contributed by atoms with Crippen molar-refractivity contribution >= 4 is 0 Å². The van der Waals surface area contributed by atoms with Crippen molar-refractivity contribution in [1.29, 1.82) is 0 Å². The van der Waals surface area contributed by atoms with Crippen molar-refractivity contribution in [3.63, 3.8) is 0 Å². The van der Waals surface area contributed by atoms with Gasteiger partial charge in [-0.15, -0.1) is 0 Å². The SMILES string of the molecule is CCC(CC)CCCCC1C(C)C(C)C1C. The zero-order chi connectivity index (χ0) is 12.1. The van der Waals surface area contributed by atoms with Crippen LogP contribution < -0.4 is 0 Å². The first-order valence-corrected chi connectivity index (χ1v) is 7.61. The summed E-state index contributed by atoms with van der Waals surface area (Å²) < 4.78 is 0. The van der Waals surface area contributed by atoms with Crippen LogP contribution in [0.25, 0.3) is 0 Å². The monoisotopic (exact) mass is 224 g/mol. The summed E-state index contributed by atoms with van der Waals surface area (Å²) in [5.74, 6) is 4.99. The molecule has 0 bridgehead atoms. The fourth-order valence-corrected chi connectivity index (χ4v) is 3.63. The van der Waals surface area contributed by atoms with Crippen LogP contribution in [0.3, 0.4) is 0 Å².